The second-order valence-electron chi connectivity index (χ2n) is 5.47. The molecule has 2 rings (SSSR count). The zero-order valence-electron chi connectivity index (χ0n) is 13.1. The fourth-order valence-corrected chi connectivity index (χ4v) is 2.65. The van der Waals surface area contributed by atoms with Gasteiger partial charge in [0.15, 0.2) is 0 Å². The Labute approximate surface area is 128 Å². The largest absolute Gasteiger partial charge is 0.385 e. The van der Waals surface area contributed by atoms with Crippen LogP contribution in [-0.2, 0) is 22.4 Å². The number of fused-ring (bicyclic) bond motifs is 1. The van der Waals surface area contributed by atoms with E-state index in [0.717, 1.165) is 39.1 Å². The van der Waals surface area contributed by atoms with E-state index < -0.39 is 0 Å². The average molecular weight is 292 g/mol. The molecule has 1 aliphatic heterocycles. The topological polar surface area (TPSA) is 42.5 Å². The molecular weight excluding hydrogens is 264 g/mol. The molecule has 118 valence electrons. The summed E-state index contributed by atoms with van der Waals surface area (Å²) in [7, 11) is 1.70. The number of hydrogen-bond acceptors (Lipinski definition) is 4. The van der Waals surface area contributed by atoms with Crippen LogP contribution in [0.5, 0.6) is 0 Å². The highest BCUT2D eigenvalue weighted by molar-refractivity contribution is 5.59. The molecule has 0 bridgehead atoms. The van der Waals surface area contributed by atoms with Gasteiger partial charge in [0.2, 0.25) is 0 Å². The molecule has 4 heteroatoms. The first-order valence-corrected chi connectivity index (χ1v) is 8.04. The highest BCUT2D eigenvalue weighted by atomic mass is 16.5. The third-order valence-electron chi connectivity index (χ3n) is 3.80. The number of methoxy groups -OCH3 is 1. The van der Waals surface area contributed by atoms with Gasteiger partial charge in [-0.1, -0.05) is 18.2 Å². The van der Waals surface area contributed by atoms with Crippen molar-refractivity contribution in [3.8, 4) is 0 Å². The zero-order chi connectivity index (χ0) is 14.8. The van der Waals surface area contributed by atoms with Crippen LogP contribution in [0.4, 0.5) is 5.69 Å². The van der Waals surface area contributed by atoms with Gasteiger partial charge in [0.05, 0.1) is 13.2 Å². The maximum atomic E-state index is 5.45. The minimum atomic E-state index is 0.685. The molecule has 1 aromatic carbocycles. The Hall–Kier alpha value is -1.10. The summed E-state index contributed by atoms with van der Waals surface area (Å²) in [5, 5.41) is 7.07. The van der Waals surface area contributed by atoms with Crippen molar-refractivity contribution in [2.45, 2.75) is 32.2 Å². The van der Waals surface area contributed by atoms with Crippen molar-refractivity contribution in [2.75, 3.05) is 45.3 Å². The zero-order valence-corrected chi connectivity index (χ0v) is 13.1. The fourth-order valence-electron chi connectivity index (χ4n) is 2.65. The second kappa shape index (κ2) is 9.77. The maximum absolute atomic E-state index is 5.45. The molecule has 0 saturated heterocycles. The third kappa shape index (κ3) is 5.65. The van der Waals surface area contributed by atoms with Gasteiger partial charge < -0.3 is 20.1 Å². The number of nitrogens with one attached hydrogen (secondary N) is 2. The van der Waals surface area contributed by atoms with E-state index >= 15 is 0 Å². The van der Waals surface area contributed by atoms with Gasteiger partial charge in [-0.3, -0.25) is 0 Å². The van der Waals surface area contributed by atoms with Crippen LogP contribution in [0.15, 0.2) is 18.2 Å². The summed E-state index contributed by atoms with van der Waals surface area (Å²) in [5.41, 5.74) is 4.22. The minimum Gasteiger partial charge on any atom is -0.385 e. The van der Waals surface area contributed by atoms with Crippen LogP contribution in [0, 0.1) is 0 Å². The Balaban J connectivity index is 1.59. The molecular formula is C17H28N2O2. The van der Waals surface area contributed by atoms with Crippen LogP contribution in [0.2, 0.25) is 0 Å². The molecule has 0 saturated carbocycles. The highest BCUT2D eigenvalue weighted by Gasteiger charge is 2.11. The van der Waals surface area contributed by atoms with Crippen LogP contribution in [-0.4, -0.2) is 40.0 Å². The van der Waals surface area contributed by atoms with Crippen molar-refractivity contribution in [1.29, 1.82) is 0 Å². The Morgan fingerprint density at radius 2 is 2.14 bits per heavy atom. The number of rotatable bonds is 10. The molecule has 1 heterocycles. The molecule has 2 N–H and O–H groups in total. The normalized spacial score (nSPS) is 13.8. The number of unbranched alkanes of at least 4 members (excludes halogenated alkanes) is 1. The van der Waals surface area contributed by atoms with Gasteiger partial charge in [0, 0.05) is 32.5 Å². The third-order valence-corrected chi connectivity index (χ3v) is 3.80. The van der Waals surface area contributed by atoms with E-state index in [4.69, 9.17) is 9.47 Å². The number of anilines is 1. The predicted octanol–water partition coefficient (Wildman–Crippen LogP) is 2.58. The summed E-state index contributed by atoms with van der Waals surface area (Å²) < 4.78 is 10.4. The van der Waals surface area contributed by atoms with E-state index in [1.54, 1.807) is 7.11 Å². The molecule has 0 spiro atoms. The molecule has 0 aliphatic carbocycles. The van der Waals surface area contributed by atoms with Crippen molar-refractivity contribution in [3.63, 3.8) is 0 Å². The van der Waals surface area contributed by atoms with Crippen molar-refractivity contribution in [1.82, 2.24) is 5.32 Å². The molecule has 0 atom stereocenters. The van der Waals surface area contributed by atoms with Crippen molar-refractivity contribution in [2.24, 2.45) is 0 Å². The molecule has 0 aromatic heterocycles. The summed E-state index contributed by atoms with van der Waals surface area (Å²) in [6.45, 7) is 5.30. The van der Waals surface area contributed by atoms with E-state index in [0.29, 0.717) is 13.2 Å². The van der Waals surface area contributed by atoms with Crippen molar-refractivity contribution in [3.05, 3.63) is 29.3 Å². The molecule has 0 radical (unpaired) electrons. The van der Waals surface area contributed by atoms with E-state index in [9.17, 15) is 0 Å². The first-order valence-electron chi connectivity index (χ1n) is 8.04. The van der Waals surface area contributed by atoms with Gasteiger partial charge in [-0.15, -0.1) is 0 Å². The fraction of sp³-hybridized carbons (Fsp3) is 0.647. The van der Waals surface area contributed by atoms with Gasteiger partial charge in [-0.2, -0.15) is 0 Å². The quantitative estimate of drug-likeness (QED) is 0.651. The average Bonchev–Trinajstić information content (AvgIpc) is 2.53. The van der Waals surface area contributed by atoms with Crippen LogP contribution in [0.3, 0.4) is 0 Å². The minimum absolute atomic E-state index is 0.685. The lowest BCUT2D eigenvalue weighted by atomic mass is 9.99. The molecule has 4 nitrogen and oxygen atoms in total. The summed E-state index contributed by atoms with van der Waals surface area (Å²) in [6.07, 6.45) is 4.69. The molecule has 0 unspecified atom stereocenters. The number of aryl methyl sites for hydroxylation is 1. The summed E-state index contributed by atoms with van der Waals surface area (Å²) in [6, 6.07) is 6.63. The van der Waals surface area contributed by atoms with Gasteiger partial charge in [0.25, 0.3) is 0 Å². The molecule has 0 amide bonds. The first-order chi connectivity index (χ1) is 10.4. The Morgan fingerprint density at radius 3 is 3.05 bits per heavy atom. The highest BCUT2D eigenvalue weighted by Crippen LogP contribution is 2.25. The lowest BCUT2D eigenvalue weighted by Crippen LogP contribution is -2.19. The van der Waals surface area contributed by atoms with E-state index in [1.165, 1.54) is 29.7 Å². The van der Waals surface area contributed by atoms with Crippen LogP contribution >= 0.6 is 0 Å². The standard InChI is InChI=1S/C17H28N2O2/c1-20-12-13-21-11-3-2-9-18-14-16-7-4-6-15-8-5-10-19-17(15)16/h4,6-7,18-19H,2-3,5,8-14H2,1H3. The van der Waals surface area contributed by atoms with Crippen molar-refractivity contribution < 1.29 is 9.47 Å². The molecule has 21 heavy (non-hydrogen) atoms. The van der Waals surface area contributed by atoms with Gasteiger partial charge in [-0.05, 0) is 43.4 Å². The maximum Gasteiger partial charge on any atom is 0.0700 e. The van der Waals surface area contributed by atoms with Crippen LogP contribution < -0.4 is 10.6 Å². The lowest BCUT2D eigenvalue weighted by Gasteiger charge is -2.21. The summed E-state index contributed by atoms with van der Waals surface area (Å²) >= 11 is 0. The number of para-hydroxylation sites is 1. The number of hydrogen-bond donors (Lipinski definition) is 2. The molecule has 1 aromatic rings. The Kier molecular flexibility index (Phi) is 7.57. The van der Waals surface area contributed by atoms with E-state index in [1.807, 2.05) is 0 Å². The first kappa shape index (κ1) is 16.3. The van der Waals surface area contributed by atoms with Gasteiger partial charge in [0.1, 0.15) is 0 Å². The summed E-state index contributed by atoms with van der Waals surface area (Å²) in [5.74, 6) is 0. The number of benzene rings is 1. The monoisotopic (exact) mass is 292 g/mol. The molecule has 1 aliphatic rings. The smallest absolute Gasteiger partial charge is 0.0700 e. The van der Waals surface area contributed by atoms with E-state index in [2.05, 4.69) is 28.8 Å². The van der Waals surface area contributed by atoms with Crippen LogP contribution in [0.1, 0.15) is 30.4 Å². The predicted molar refractivity (Wildman–Crippen MR) is 86.9 cm³/mol. The SMILES string of the molecule is COCCOCCCCNCc1cccc2c1NCCC2. The lowest BCUT2D eigenvalue weighted by molar-refractivity contribution is 0.0688. The van der Waals surface area contributed by atoms with Crippen molar-refractivity contribution >= 4 is 5.69 Å². The Morgan fingerprint density at radius 1 is 1.19 bits per heavy atom. The second-order valence-corrected chi connectivity index (χ2v) is 5.47. The molecule has 0 fully saturated rings. The van der Waals surface area contributed by atoms with Gasteiger partial charge >= 0.3 is 0 Å². The van der Waals surface area contributed by atoms with Gasteiger partial charge in [-0.25, -0.2) is 0 Å². The van der Waals surface area contributed by atoms with E-state index in [-0.39, 0.29) is 0 Å². The number of ether oxygens (including phenoxy) is 2. The summed E-state index contributed by atoms with van der Waals surface area (Å²) in [4.78, 5) is 0. The Bertz CT molecular complexity index is 410. The van der Waals surface area contributed by atoms with Crippen LogP contribution in [0.25, 0.3) is 0 Å².